The molecule has 15 heavy (non-hydrogen) atoms. The van der Waals surface area contributed by atoms with Gasteiger partial charge in [-0.1, -0.05) is 13.3 Å². The molecule has 0 amide bonds. The molecule has 1 aromatic heterocycles. The second-order valence-corrected chi connectivity index (χ2v) is 4.18. The lowest BCUT2D eigenvalue weighted by molar-refractivity contribution is 0.642. The van der Waals surface area contributed by atoms with Crippen molar-refractivity contribution >= 4 is 0 Å². The highest BCUT2D eigenvalue weighted by molar-refractivity contribution is 5.10. The van der Waals surface area contributed by atoms with E-state index in [4.69, 9.17) is 5.73 Å². The fourth-order valence-electron chi connectivity index (χ4n) is 1.55. The molecule has 0 bridgehead atoms. The molecule has 0 aliphatic rings. The zero-order valence-electron chi connectivity index (χ0n) is 9.95. The van der Waals surface area contributed by atoms with Gasteiger partial charge in [0.05, 0.1) is 0 Å². The predicted octanol–water partition coefficient (Wildman–Crippen LogP) is 2.02. The first kappa shape index (κ1) is 12.1. The normalized spacial score (nSPS) is 12.8. The van der Waals surface area contributed by atoms with Gasteiger partial charge in [-0.3, -0.25) is 0 Å². The summed E-state index contributed by atoms with van der Waals surface area (Å²) in [7, 11) is 0. The lowest BCUT2D eigenvalue weighted by atomic mass is 10.1. The molecule has 0 fully saturated rings. The van der Waals surface area contributed by atoms with Gasteiger partial charge >= 0.3 is 0 Å². The van der Waals surface area contributed by atoms with Gasteiger partial charge in [0, 0.05) is 23.9 Å². The smallest absolute Gasteiger partial charge is 0.128 e. The lowest BCUT2D eigenvalue weighted by Gasteiger charge is -2.06. The Morgan fingerprint density at radius 1 is 1.33 bits per heavy atom. The van der Waals surface area contributed by atoms with Crippen LogP contribution in [0.25, 0.3) is 0 Å². The van der Waals surface area contributed by atoms with Crippen molar-refractivity contribution < 1.29 is 0 Å². The number of nitrogens with two attached hydrogens (primary N) is 1. The van der Waals surface area contributed by atoms with Crippen LogP contribution in [0.15, 0.2) is 6.07 Å². The van der Waals surface area contributed by atoms with E-state index in [9.17, 15) is 0 Å². The largest absolute Gasteiger partial charge is 0.328 e. The molecule has 0 saturated carbocycles. The Hall–Kier alpha value is -0.960. The molecule has 84 valence electrons. The van der Waals surface area contributed by atoms with Gasteiger partial charge < -0.3 is 5.73 Å². The van der Waals surface area contributed by atoms with Gasteiger partial charge in [0.1, 0.15) is 5.82 Å². The van der Waals surface area contributed by atoms with Gasteiger partial charge in [0.15, 0.2) is 0 Å². The van der Waals surface area contributed by atoms with E-state index >= 15 is 0 Å². The molecule has 1 atom stereocenters. The first-order valence-electron chi connectivity index (χ1n) is 5.70. The van der Waals surface area contributed by atoms with Crippen molar-refractivity contribution in [1.29, 1.82) is 0 Å². The third kappa shape index (κ3) is 4.38. The lowest BCUT2D eigenvalue weighted by Crippen LogP contribution is -2.16. The number of hydrogen-bond acceptors (Lipinski definition) is 3. The summed E-state index contributed by atoms with van der Waals surface area (Å²) in [4.78, 5) is 8.95. The molecular weight excluding hydrogens is 186 g/mol. The molecule has 0 spiro atoms. The van der Waals surface area contributed by atoms with E-state index in [2.05, 4.69) is 23.0 Å². The van der Waals surface area contributed by atoms with E-state index in [0.717, 1.165) is 42.9 Å². The molecule has 1 heterocycles. The molecule has 2 N–H and O–H groups in total. The second kappa shape index (κ2) is 5.81. The number of hydrogen-bond donors (Lipinski definition) is 1. The van der Waals surface area contributed by atoms with Gasteiger partial charge in [-0.05, 0) is 32.8 Å². The van der Waals surface area contributed by atoms with E-state index in [1.165, 1.54) is 0 Å². The van der Waals surface area contributed by atoms with E-state index in [1.54, 1.807) is 0 Å². The molecule has 0 saturated heterocycles. The van der Waals surface area contributed by atoms with E-state index in [0.29, 0.717) is 0 Å². The van der Waals surface area contributed by atoms with Crippen molar-refractivity contribution in [3.63, 3.8) is 0 Å². The Kier molecular flexibility index (Phi) is 4.69. The second-order valence-electron chi connectivity index (χ2n) is 4.18. The van der Waals surface area contributed by atoms with Gasteiger partial charge in [0.25, 0.3) is 0 Å². The molecule has 3 nitrogen and oxygen atoms in total. The van der Waals surface area contributed by atoms with Crippen molar-refractivity contribution in [2.24, 2.45) is 5.73 Å². The fourth-order valence-corrected chi connectivity index (χ4v) is 1.55. The van der Waals surface area contributed by atoms with Gasteiger partial charge in [0.2, 0.25) is 0 Å². The summed E-state index contributed by atoms with van der Waals surface area (Å²) in [5, 5.41) is 0. The van der Waals surface area contributed by atoms with Crippen LogP contribution in [0.1, 0.15) is 43.9 Å². The van der Waals surface area contributed by atoms with Crippen molar-refractivity contribution in [3.05, 3.63) is 23.3 Å². The Bertz CT molecular complexity index is 308. The van der Waals surface area contributed by atoms with Crippen molar-refractivity contribution in [2.45, 2.75) is 52.5 Å². The van der Waals surface area contributed by atoms with Gasteiger partial charge in [-0.25, -0.2) is 9.97 Å². The Morgan fingerprint density at radius 2 is 2.07 bits per heavy atom. The molecule has 1 aromatic rings. The minimum Gasteiger partial charge on any atom is -0.328 e. The average molecular weight is 207 g/mol. The topological polar surface area (TPSA) is 51.8 Å². The van der Waals surface area contributed by atoms with Crippen LogP contribution in [0.4, 0.5) is 0 Å². The predicted molar refractivity (Wildman–Crippen MR) is 62.7 cm³/mol. The fraction of sp³-hybridized carbons (Fsp3) is 0.667. The van der Waals surface area contributed by atoms with Crippen LogP contribution < -0.4 is 5.73 Å². The van der Waals surface area contributed by atoms with Crippen LogP contribution in [0, 0.1) is 6.92 Å². The SMILES string of the molecule is CCCc1cc(C)nc(CCC(C)N)n1. The maximum atomic E-state index is 5.72. The third-order valence-electron chi connectivity index (χ3n) is 2.28. The summed E-state index contributed by atoms with van der Waals surface area (Å²) in [5.41, 5.74) is 7.94. The molecule has 0 aromatic carbocycles. The summed E-state index contributed by atoms with van der Waals surface area (Å²) in [6.07, 6.45) is 4.00. The minimum absolute atomic E-state index is 0.226. The molecule has 0 aliphatic carbocycles. The molecule has 3 heteroatoms. The summed E-state index contributed by atoms with van der Waals surface area (Å²) in [6, 6.07) is 2.29. The van der Waals surface area contributed by atoms with Crippen molar-refractivity contribution in [3.8, 4) is 0 Å². The number of aromatic nitrogens is 2. The van der Waals surface area contributed by atoms with Crippen molar-refractivity contribution in [2.75, 3.05) is 0 Å². The molecule has 1 unspecified atom stereocenters. The van der Waals surface area contributed by atoms with E-state index in [1.807, 2.05) is 13.8 Å². The quantitative estimate of drug-likeness (QED) is 0.803. The molecular formula is C12H21N3. The summed E-state index contributed by atoms with van der Waals surface area (Å²) >= 11 is 0. The molecule has 1 rings (SSSR count). The maximum Gasteiger partial charge on any atom is 0.128 e. The van der Waals surface area contributed by atoms with E-state index in [-0.39, 0.29) is 6.04 Å². The summed E-state index contributed by atoms with van der Waals surface area (Å²) < 4.78 is 0. The maximum absolute atomic E-state index is 5.72. The summed E-state index contributed by atoms with van der Waals surface area (Å²) in [6.45, 7) is 6.21. The number of aryl methyl sites for hydroxylation is 3. The van der Waals surface area contributed by atoms with Crippen LogP contribution in [-0.2, 0) is 12.8 Å². The van der Waals surface area contributed by atoms with Crippen LogP contribution in [0.3, 0.4) is 0 Å². The molecule has 0 radical (unpaired) electrons. The Labute approximate surface area is 92.1 Å². The van der Waals surface area contributed by atoms with E-state index < -0.39 is 0 Å². The van der Waals surface area contributed by atoms with Crippen LogP contribution in [0.5, 0.6) is 0 Å². The van der Waals surface area contributed by atoms with Gasteiger partial charge in [-0.2, -0.15) is 0 Å². The van der Waals surface area contributed by atoms with Gasteiger partial charge in [-0.15, -0.1) is 0 Å². The first-order valence-corrected chi connectivity index (χ1v) is 5.70. The zero-order valence-corrected chi connectivity index (χ0v) is 9.95. The van der Waals surface area contributed by atoms with Crippen molar-refractivity contribution in [1.82, 2.24) is 9.97 Å². The minimum atomic E-state index is 0.226. The van der Waals surface area contributed by atoms with Crippen LogP contribution in [0.2, 0.25) is 0 Å². The monoisotopic (exact) mass is 207 g/mol. The highest BCUT2D eigenvalue weighted by atomic mass is 14.9. The number of rotatable bonds is 5. The first-order chi connectivity index (χ1) is 7.11. The average Bonchev–Trinajstić information content (AvgIpc) is 2.14. The Morgan fingerprint density at radius 3 is 2.67 bits per heavy atom. The highest BCUT2D eigenvalue weighted by Crippen LogP contribution is 2.05. The molecule has 0 aliphatic heterocycles. The number of nitrogens with zero attached hydrogens (tertiary/aromatic N) is 2. The highest BCUT2D eigenvalue weighted by Gasteiger charge is 2.03. The standard InChI is InChI=1S/C12H21N3/c1-4-5-11-8-10(3)14-12(15-11)7-6-9(2)13/h8-9H,4-7,13H2,1-3H3. The Balaban J connectivity index is 2.70. The van der Waals surface area contributed by atoms with Crippen LogP contribution in [-0.4, -0.2) is 16.0 Å². The zero-order chi connectivity index (χ0) is 11.3. The third-order valence-corrected chi connectivity index (χ3v) is 2.28. The van der Waals surface area contributed by atoms with Crippen LogP contribution >= 0.6 is 0 Å². The summed E-state index contributed by atoms with van der Waals surface area (Å²) in [5.74, 6) is 0.941.